The molecular formula is C21H18F3N3O3S. The van der Waals surface area contributed by atoms with Gasteiger partial charge in [0.2, 0.25) is 0 Å². The molecule has 2 aromatic heterocycles. The predicted molar refractivity (Wildman–Crippen MR) is 111 cm³/mol. The minimum atomic E-state index is -5.74. The van der Waals surface area contributed by atoms with Gasteiger partial charge in [0.1, 0.15) is 17.1 Å². The van der Waals surface area contributed by atoms with E-state index in [1.54, 1.807) is 24.4 Å². The summed E-state index contributed by atoms with van der Waals surface area (Å²) in [6.07, 6.45) is 4.32. The summed E-state index contributed by atoms with van der Waals surface area (Å²) in [6.45, 7) is 2.08. The topological polar surface area (TPSA) is 74.1 Å². The van der Waals surface area contributed by atoms with Crippen molar-refractivity contribution in [2.75, 3.05) is 0 Å². The van der Waals surface area contributed by atoms with Crippen molar-refractivity contribution in [3.05, 3.63) is 60.6 Å². The van der Waals surface area contributed by atoms with Crippen LogP contribution < -0.4 is 4.18 Å². The lowest BCUT2D eigenvalue weighted by molar-refractivity contribution is -0.0500. The number of fused-ring (bicyclic) bond motifs is 2. The van der Waals surface area contributed by atoms with Crippen molar-refractivity contribution >= 4 is 32.1 Å². The molecule has 31 heavy (non-hydrogen) atoms. The van der Waals surface area contributed by atoms with Crippen molar-refractivity contribution in [2.45, 2.75) is 31.7 Å². The zero-order chi connectivity index (χ0) is 22.2. The van der Waals surface area contributed by atoms with E-state index in [-0.39, 0.29) is 0 Å². The van der Waals surface area contributed by atoms with E-state index in [0.717, 1.165) is 36.3 Å². The first-order chi connectivity index (χ1) is 14.7. The standard InChI is InChI=1S/C21H18F3N3O3S/c1-2-3-9-19-26-17-7-5-12-25-20(17)27(19)18-8-4-6-14-13-15(10-11-16(14)18)30-31(28,29)21(22,23)24/h4-8,10-13H,2-3,9H2,1H3. The van der Waals surface area contributed by atoms with Crippen molar-refractivity contribution in [3.63, 3.8) is 0 Å². The summed E-state index contributed by atoms with van der Waals surface area (Å²) in [5.74, 6) is 0.407. The number of nitrogens with zero attached hydrogens (tertiary/aromatic N) is 3. The Bertz CT molecular complexity index is 1360. The molecular weight excluding hydrogens is 431 g/mol. The highest BCUT2D eigenvalue weighted by Gasteiger charge is 2.48. The van der Waals surface area contributed by atoms with Gasteiger partial charge in [0.05, 0.1) is 5.69 Å². The summed E-state index contributed by atoms with van der Waals surface area (Å²) in [5, 5.41) is 1.22. The Morgan fingerprint density at radius 2 is 1.90 bits per heavy atom. The molecule has 2 aromatic carbocycles. The molecule has 0 fully saturated rings. The Morgan fingerprint density at radius 3 is 2.65 bits per heavy atom. The number of alkyl halides is 3. The molecule has 0 N–H and O–H groups in total. The molecule has 10 heteroatoms. The van der Waals surface area contributed by atoms with Gasteiger partial charge in [-0.1, -0.05) is 25.5 Å². The van der Waals surface area contributed by atoms with Gasteiger partial charge in [0, 0.05) is 18.0 Å². The molecule has 162 valence electrons. The van der Waals surface area contributed by atoms with Gasteiger partial charge in [0.25, 0.3) is 0 Å². The number of rotatable bonds is 6. The van der Waals surface area contributed by atoms with Gasteiger partial charge in [-0.2, -0.15) is 21.6 Å². The third kappa shape index (κ3) is 3.95. The first-order valence-electron chi connectivity index (χ1n) is 9.57. The first-order valence-corrected chi connectivity index (χ1v) is 11.0. The third-order valence-corrected chi connectivity index (χ3v) is 5.78. The van der Waals surface area contributed by atoms with Gasteiger partial charge >= 0.3 is 15.6 Å². The lowest BCUT2D eigenvalue weighted by atomic mass is 10.1. The highest BCUT2D eigenvalue weighted by molar-refractivity contribution is 7.88. The Labute approximate surface area is 176 Å². The lowest BCUT2D eigenvalue weighted by Crippen LogP contribution is -2.28. The molecule has 4 rings (SSSR count). The van der Waals surface area contributed by atoms with Crippen LogP contribution in [0.4, 0.5) is 13.2 Å². The van der Waals surface area contributed by atoms with E-state index in [9.17, 15) is 21.6 Å². The molecule has 0 saturated carbocycles. The summed E-state index contributed by atoms with van der Waals surface area (Å²) in [6, 6.07) is 12.9. The van der Waals surface area contributed by atoms with Crippen molar-refractivity contribution in [1.29, 1.82) is 0 Å². The number of aromatic nitrogens is 3. The van der Waals surface area contributed by atoms with Crippen LogP contribution >= 0.6 is 0 Å². The van der Waals surface area contributed by atoms with Crippen molar-refractivity contribution in [3.8, 4) is 11.4 Å². The fraction of sp³-hybridized carbons (Fsp3) is 0.238. The van der Waals surface area contributed by atoms with Crippen LogP contribution in [0.3, 0.4) is 0 Å². The maximum Gasteiger partial charge on any atom is 0.534 e. The van der Waals surface area contributed by atoms with Crippen LogP contribution in [0.25, 0.3) is 27.6 Å². The Morgan fingerprint density at radius 1 is 1.10 bits per heavy atom. The summed E-state index contributed by atoms with van der Waals surface area (Å²) < 4.78 is 66.8. The van der Waals surface area contributed by atoms with E-state index in [1.165, 1.54) is 18.2 Å². The van der Waals surface area contributed by atoms with Crippen LogP contribution in [0.15, 0.2) is 54.7 Å². The molecule has 0 aliphatic rings. The number of hydrogen-bond acceptors (Lipinski definition) is 5. The van der Waals surface area contributed by atoms with Crippen molar-refractivity contribution < 1.29 is 25.8 Å². The predicted octanol–water partition coefficient (Wildman–Crippen LogP) is 5.14. The second-order valence-electron chi connectivity index (χ2n) is 6.96. The number of unbranched alkanes of at least 4 members (excludes halogenated alkanes) is 1. The van der Waals surface area contributed by atoms with Gasteiger partial charge in [-0.25, -0.2) is 9.97 Å². The van der Waals surface area contributed by atoms with Gasteiger partial charge in [-0.15, -0.1) is 0 Å². The van der Waals surface area contributed by atoms with Crippen molar-refractivity contribution in [2.24, 2.45) is 0 Å². The maximum absolute atomic E-state index is 12.6. The van der Waals surface area contributed by atoms with E-state index >= 15 is 0 Å². The molecule has 0 amide bonds. The summed E-state index contributed by atoms with van der Waals surface area (Å²) in [7, 11) is -5.74. The smallest absolute Gasteiger partial charge is 0.376 e. The van der Waals surface area contributed by atoms with E-state index < -0.39 is 21.4 Å². The first kappa shape index (κ1) is 21.1. The Hall–Kier alpha value is -3.14. The molecule has 0 bridgehead atoms. The SMILES string of the molecule is CCCCc1nc2cccnc2n1-c1cccc2cc(OS(=O)(=O)C(F)(F)F)ccc12. The number of hydrogen-bond donors (Lipinski definition) is 0. The number of pyridine rings is 1. The highest BCUT2D eigenvalue weighted by Crippen LogP contribution is 2.32. The summed E-state index contributed by atoms with van der Waals surface area (Å²) in [4.78, 5) is 9.16. The summed E-state index contributed by atoms with van der Waals surface area (Å²) in [5.41, 5.74) is -3.35. The number of aryl methyl sites for hydroxylation is 1. The zero-order valence-electron chi connectivity index (χ0n) is 16.4. The Balaban J connectivity index is 1.85. The van der Waals surface area contributed by atoms with Crippen molar-refractivity contribution in [1.82, 2.24) is 14.5 Å². The van der Waals surface area contributed by atoms with Crippen LogP contribution in [0, 0.1) is 0 Å². The van der Waals surface area contributed by atoms with Gasteiger partial charge in [0.15, 0.2) is 5.65 Å². The third-order valence-electron chi connectivity index (χ3n) is 4.80. The number of halogens is 3. The molecule has 0 aliphatic heterocycles. The molecule has 2 heterocycles. The van der Waals surface area contributed by atoms with Crippen LogP contribution in [-0.4, -0.2) is 28.5 Å². The van der Waals surface area contributed by atoms with Gasteiger partial charge < -0.3 is 4.18 Å². The van der Waals surface area contributed by atoms with E-state index in [4.69, 9.17) is 4.98 Å². The van der Waals surface area contributed by atoms with Gasteiger partial charge in [-0.05, 0) is 48.2 Å². The Kier molecular flexibility index (Phi) is 5.34. The minimum Gasteiger partial charge on any atom is -0.376 e. The number of benzene rings is 2. The summed E-state index contributed by atoms with van der Waals surface area (Å²) >= 11 is 0. The zero-order valence-corrected chi connectivity index (χ0v) is 17.2. The quantitative estimate of drug-likeness (QED) is 0.301. The van der Waals surface area contributed by atoms with E-state index in [1.807, 2.05) is 16.7 Å². The molecule has 0 unspecified atom stereocenters. The average Bonchev–Trinajstić information content (AvgIpc) is 3.08. The largest absolute Gasteiger partial charge is 0.534 e. The van der Waals surface area contributed by atoms with E-state index in [2.05, 4.69) is 16.1 Å². The maximum atomic E-state index is 12.6. The van der Waals surface area contributed by atoms with E-state index in [0.29, 0.717) is 16.4 Å². The normalized spacial score (nSPS) is 12.5. The molecule has 0 atom stereocenters. The lowest BCUT2D eigenvalue weighted by Gasteiger charge is -2.13. The molecule has 0 radical (unpaired) electrons. The molecule has 4 aromatic rings. The van der Waals surface area contributed by atoms with Crippen LogP contribution in [0.5, 0.6) is 5.75 Å². The number of imidazole rings is 1. The van der Waals surface area contributed by atoms with Crippen LogP contribution in [-0.2, 0) is 16.5 Å². The molecule has 0 aliphatic carbocycles. The van der Waals surface area contributed by atoms with Crippen LogP contribution in [0.1, 0.15) is 25.6 Å². The monoisotopic (exact) mass is 449 g/mol. The highest BCUT2D eigenvalue weighted by atomic mass is 32.2. The van der Waals surface area contributed by atoms with Crippen LogP contribution in [0.2, 0.25) is 0 Å². The average molecular weight is 449 g/mol. The van der Waals surface area contributed by atoms with Gasteiger partial charge in [-0.3, -0.25) is 4.57 Å². The minimum absolute atomic E-state index is 0.415. The fourth-order valence-corrected chi connectivity index (χ4v) is 3.83. The molecule has 0 spiro atoms. The second kappa shape index (κ2) is 7.84. The molecule has 6 nitrogen and oxygen atoms in total. The fourth-order valence-electron chi connectivity index (χ4n) is 3.38. The molecule has 0 saturated heterocycles. The second-order valence-corrected chi connectivity index (χ2v) is 8.49.